The molecule has 0 unspecified atom stereocenters. The summed E-state index contributed by atoms with van der Waals surface area (Å²) in [5, 5.41) is 2.64. The highest BCUT2D eigenvalue weighted by Crippen LogP contribution is 2.06. The first-order valence-corrected chi connectivity index (χ1v) is 12.3. The van der Waals surface area contributed by atoms with Crippen LogP contribution in [-0.2, 0) is 30.3 Å². The molecule has 1 aromatic rings. The molecule has 0 aliphatic heterocycles. The smallest absolute Gasteiger partial charge is 0.308 e. The minimum atomic E-state index is -0.552. The Balaban J connectivity index is 0.00000529. The summed E-state index contributed by atoms with van der Waals surface area (Å²) in [6.45, 7) is 11.0. The molecular formula is C25H42N4O5. The zero-order chi connectivity index (χ0) is 25.8. The molecule has 0 spiro atoms. The van der Waals surface area contributed by atoms with Crippen molar-refractivity contribution >= 4 is 23.7 Å². The van der Waals surface area contributed by atoms with E-state index in [4.69, 9.17) is 4.74 Å². The second-order valence-corrected chi connectivity index (χ2v) is 7.35. The van der Waals surface area contributed by atoms with Crippen molar-refractivity contribution < 1.29 is 23.9 Å². The number of hydrogen-bond acceptors (Lipinski definition) is 6. The van der Waals surface area contributed by atoms with Crippen LogP contribution in [0, 0.1) is 0 Å². The molecule has 0 atom stereocenters. The maximum absolute atomic E-state index is 12.5. The predicted molar refractivity (Wildman–Crippen MR) is 132 cm³/mol. The van der Waals surface area contributed by atoms with E-state index < -0.39 is 5.97 Å². The Morgan fingerprint density at radius 1 is 0.941 bits per heavy atom. The van der Waals surface area contributed by atoms with Gasteiger partial charge in [0.25, 0.3) is 5.91 Å². The lowest BCUT2D eigenvalue weighted by molar-refractivity contribution is -0.151. The normalized spacial score (nSPS) is 9.91. The fraction of sp³-hybridized carbons (Fsp3) is 0.640. The first-order valence-electron chi connectivity index (χ1n) is 12.3. The average Bonchev–Trinajstić information content (AvgIpc) is 2.85. The van der Waals surface area contributed by atoms with Crippen LogP contribution in [0.25, 0.3) is 0 Å². The van der Waals surface area contributed by atoms with Gasteiger partial charge in [-0.25, -0.2) is 0 Å². The molecule has 0 aliphatic rings. The van der Waals surface area contributed by atoms with Crippen LogP contribution in [-0.4, -0.2) is 77.8 Å². The number of nitrogens with one attached hydrogen (secondary N) is 1. The number of ether oxygens (including phenoxy) is 1. The van der Waals surface area contributed by atoms with Gasteiger partial charge in [-0.05, 0) is 50.8 Å². The lowest BCUT2D eigenvalue weighted by Gasteiger charge is -2.21. The molecule has 34 heavy (non-hydrogen) atoms. The highest BCUT2D eigenvalue weighted by atomic mass is 16.5. The Labute approximate surface area is 204 Å². The number of likely N-dealkylation sites (N-methyl/N-ethyl adjacent to an activating group) is 1. The predicted octanol–water partition coefficient (Wildman–Crippen LogP) is 2.59. The molecule has 0 aromatic carbocycles. The quantitative estimate of drug-likeness (QED) is 0.388. The second kappa shape index (κ2) is 19.5. The van der Waals surface area contributed by atoms with Gasteiger partial charge < -0.3 is 19.9 Å². The third-order valence-corrected chi connectivity index (χ3v) is 4.91. The number of esters is 1. The summed E-state index contributed by atoms with van der Waals surface area (Å²) in [5.41, 5.74) is 1.12. The summed E-state index contributed by atoms with van der Waals surface area (Å²) in [4.78, 5) is 55.4. The van der Waals surface area contributed by atoms with Crippen LogP contribution in [0.15, 0.2) is 24.5 Å². The van der Waals surface area contributed by atoms with Gasteiger partial charge in [-0.1, -0.05) is 20.8 Å². The summed E-state index contributed by atoms with van der Waals surface area (Å²) in [6, 6.07) is 3.85. The van der Waals surface area contributed by atoms with E-state index in [0.717, 1.165) is 18.4 Å². The van der Waals surface area contributed by atoms with Crippen molar-refractivity contribution in [2.75, 3.05) is 39.3 Å². The molecule has 192 valence electrons. The summed E-state index contributed by atoms with van der Waals surface area (Å²) < 4.78 is 4.96. The number of carbonyl (C=O) groups excluding carboxylic acids is 4. The Morgan fingerprint density at radius 2 is 1.59 bits per heavy atom. The van der Waals surface area contributed by atoms with Crippen molar-refractivity contribution in [1.82, 2.24) is 20.1 Å². The Morgan fingerprint density at radius 3 is 2.18 bits per heavy atom. The monoisotopic (exact) mass is 478 g/mol. The first kappa shape index (κ1) is 31.0. The van der Waals surface area contributed by atoms with Gasteiger partial charge in [-0.15, -0.1) is 0 Å². The van der Waals surface area contributed by atoms with Crippen molar-refractivity contribution in [2.24, 2.45) is 0 Å². The highest BCUT2D eigenvalue weighted by molar-refractivity contribution is 5.85. The van der Waals surface area contributed by atoms with Gasteiger partial charge in [0.15, 0.2) is 6.61 Å². The molecule has 9 nitrogen and oxygen atoms in total. The standard InChI is InChI=1S/C23H36N4O5.C2H6/c1-4-16-27(21(29)9-7-8-19-10-13-24-14-11-19)17-20(28)25-15-12-23(31)32-18-22(30)26(5-2)6-3;1-2/h10-11,13-14H,4-9,12,15-18H2,1-3H3,(H,25,28);1-2H3. The van der Waals surface area contributed by atoms with Gasteiger partial charge in [-0.2, -0.15) is 0 Å². The fourth-order valence-corrected chi connectivity index (χ4v) is 3.13. The maximum atomic E-state index is 12.5. The molecular weight excluding hydrogens is 436 g/mol. The SMILES string of the molecule is CC.CCCN(CC(=O)NCCC(=O)OCC(=O)N(CC)CC)C(=O)CCCc1ccncc1. The number of carbonyl (C=O) groups is 4. The van der Waals surface area contributed by atoms with Gasteiger partial charge in [0, 0.05) is 45.0 Å². The largest absolute Gasteiger partial charge is 0.456 e. The van der Waals surface area contributed by atoms with E-state index in [9.17, 15) is 19.2 Å². The van der Waals surface area contributed by atoms with Crippen LogP contribution in [0.1, 0.15) is 65.9 Å². The van der Waals surface area contributed by atoms with E-state index in [1.807, 2.05) is 46.8 Å². The van der Waals surface area contributed by atoms with E-state index in [0.29, 0.717) is 32.5 Å². The molecule has 0 saturated carbocycles. The third kappa shape index (κ3) is 13.5. The van der Waals surface area contributed by atoms with E-state index in [1.165, 1.54) is 0 Å². The Hall–Kier alpha value is -2.97. The molecule has 1 aromatic heterocycles. The fourth-order valence-electron chi connectivity index (χ4n) is 3.13. The second-order valence-electron chi connectivity index (χ2n) is 7.35. The van der Waals surface area contributed by atoms with Crippen molar-refractivity contribution in [3.8, 4) is 0 Å². The molecule has 0 radical (unpaired) electrons. The summed E-state index contributed by atoms with van der Waals surface area (Å²) in [5.74, 6) is -1.19. The first-order chi connectivity index (χ1) is 16.4. The number of nitrogens with zero attached hydrogens (tertiary/aromatic N) is 3. The van der Waals surface area contributed by atoms with Crippen LogP contribution >= 0.6 is 0 Å². The molecule has 9 heteroatoms. The number of aryl methyl sites for hydroxylation is 1. The molecule has 0 bridgehead atoms. The molecule has 1 N–H and O–H groups in total. The van der Waals surface area contributed by atoms with Gasteiger partial charge in [0.2, 0.25) is 11.8 Å². The number of hydrogen-bond donors (Lipinski definition) is 1. The zero-order valence-electron chi connectivity index (χ0n) is 21.5. The molecule has 0 saturated heterocycles. The number of amides is 3. The molecule has 3 amide bonds. The van der Waals surface area contributed by atoms with Gasteiger partial charge in [0.1, 0.15) is 0 Å². The minimum absolute atomic E-state index is 0.0368. The maximum Gasteiger partial charge on any atom is 0.308 e. The molecule has 0 aliphatic carbocycles. The van der Waals surface area contributed by atoms with Gasteiger partial charge >= 0.3 is 5.97 Å². The van der Waals surface area contributed by atoms with Crippen LogP contribution in [0.4, 0.5) is 0 Å². The van der Waals surface area contributed by atoms with Gasteiger partial charge in [0.05, 0.1) is 13.0 Å². The van der Waals surface area contributed by atoms with E-state index in [2.05, 4.69) is 10.3 Å². The summed E-state index contributed by atoms with van der Waals surface area (Å²) in [6.07, 6.45) is 6.00. The van der Waals surface area contributed by atoms with Gasteiger partial charge in [-0.3, -0.25) is 24.2 Å². The third-order valence-electron chi connectivity index (χ3n) is 4.91. The lowest BCUT2D eigenvalue weighted by atomic mass is 10.1. The topological polar surface area (TPSA) is 109 Å². The zero-order valence-corrected chi connectivity index (χ0v) is 21.5. The lowest BCUT2D eigenvalue weighted by Crippen LogP contribution is -2.41. The average molecular weight is 479 g/mol. The number of aromatic nitrogens is 1. The Kier molecular flexibility index (Phi) is 17.8. The van der Waals surface area contributed by atoms with Crippen molar-refractivity contribution in [3.63, 3.8) is 0 Å². The van der Waals surface area contributed by atoms with E-state index in [1.54, 1.807) is 22.2 Å². The Bertz CT molecular complexity index is 723. The van der Waals surface area contributed by atoms with E-state index in [-0.39, 0.29) is 43.8 Å². The minimum Gasteiger partial charge on any atom is -0.456 e. The van der Waals surface area contributed by atoms with Crippen molar-refractivity contribution in [3.05, 3.63) is 30.1 Å². The number of rotatable bonds is 15. The van der Waals surface area contributed by atoms with Crippen LogP contribution in [0.5, 0.6) is 0 Å². The van der Waals surface area contributed by atoms with Crippen LogP contribution < -0.4 is 5.32 Å². The highest BCUT2D eigenvalue weighted by Gasteiger charge is 2.17. The molecule has 1 heterocycles. The summed E-state index contributed by atoms with van der Waals surface area (Å²) >= 11 is 0. The van der Waals surface area contributed by atoms with Crippen LogP contribution in [0.3, 0.4) is 0 Å². The van der Waals surface area contributed by atoms with Crippen molar-refractivity contribution in [1.29, 1.82) is 0 Å². The number of pyridine rings is 1. The van der Waals surface area contributed by atoms with Crippen LogP contribution in [0.2, 0.25) is 0 Å². The van der Waals surface area contributed by atoms with Crippen molar-refractivity contribution in [2.45, 2.75) is 66.7 Å². The molecule has 0 fully saturated rings. The van der Waals surface area contributed by atoms with E-state index >= 15 is 0 Å². The molecule has 1 rings (SSSR count). The summed E-state index contributed by atoms with van der Waals surface area (Å²) in [7, 11) is 0.